The molecule has 1 N–H and O–H groups in total. The first-order valence-electron chi connectivity index (χ1n) is 16.7. The molecule has 3 saturated heterocycles. The predicted octanol–water partition coefficient (Wildman–Crippen LogP) is 6.85. The largest absolute Gasteiger partial charge is 0.493 e. The third kappa shape index (κ3) is 4.78. The molecule has 4 aliphatic rings. The van der Waals surface area contributed by atoms with Crippen LogP contribution in [0.25, 0.3) is 32.8 Å². The van der Waals surface area contributed by atoms with Crippen molar-refractivity contribution in [1.29, 1.82) is 0 Å². The Hall–Kier alpha value is -4.14. The van der Waals surface area contributed by atoms with Crippen LogP contribution in [-0.4, -0.2) is 83.5 Å². The van der Waals surface area contributed by atoms with Gasteiger partial charge < -0.3 is 14.8 Å². The number of hydrogen-bond acceptors (Lipinski definition) is 7. The Morgan fingerprint density at radius 1 is 0.958 bits per heavy atom. The maximum Gasteiger partial charge on any atom is 0.319 e. The summed E-state index contributed by atoms with van der Waals surface area (Å²) in [6.45, 7) is 3.81. The van der Waals surface area contributed by atoms with Gasteiger partial charge in [-0.3, -0.25) is 9.80 Å². The Morgan fingerprint density at radius 3 is 2.46 bits per heavy atom. The number of nitrogens with zero attached hydrogens (tertiary/aromatic N) is 4. The van der Waals surface area contributed by atoms with Crippen molar-refractivity contribution in [3.8, 4) is 35.2 Å². The third-order valence-corrected chi connectivity index (χ3v) is 11.2. The van der Waals surface area contributed by atoms with Crippen molar-refractivity contribution in [2.45, 2.75) is 62.2 Å². The van der Waals surface area contributed by atoms with Crippen molar-refractivity contribution in [3.05, 3.63) is 53.3 Å². The number of nitrogens with one attached hydrogen (secondary N) is 1. The van der Waals surface area contributed by atoms with E-state index in [2.05, 4.69) is 31.0 Å². The average molecular weight is 660 g/mol. The van der Waals surface area contributed by atoms with Crippen LogP contribution in [0.1, 0.15) is 50.5 Å². The number of likely N-dealkylation sites (tertiary alicyclic amines) is 1. The average Bonchev–Trinajstić information content (AvgIpc) is 3.56. The van der Waals surface area contributed by atoms with Crippen LogP contribution >= 0.6 is 0 Å². The number of benzene rings is 3. The van der Waals surface area contributed by atoms with Crippen molar-refractivity contribution in [2.75, 3.05) is 51.8 Å². The minimum Gasteiger partial charge on any atom is -0.493 e. The van der Waals surface area contributed by atoms with E-state index in [9.17, 15) is 8.78 Å². The van der Waals surface area contributed by atoms with Crippen molar-refractivity contribution in [2.24, 2.45) is 0 Å². The zero-order valence-corrected chi connectivity index (χ0v) is 26.9. The van der Waals surface area contributed by atoms with Crippen LogP contribution in [0.4, 0.5) is 23.4 Å². The summed E-state index contributed by atoms with van der Waals surface area (Å²) in [4.78, 5) is 13.8. The number of rotatable bonds is 9. The van der Waals surface area contributed by atoms with E-state index in [1.165, 1.54) is 25.3 Å². The van der Waals surface area contributed by atoms with Crippen LogP contribution in [0.15, 0.2) is 30.3 Å². The van der Waals surface area contributed by atoms with E-state index in [0.29, 0.717) is 24.9 Å². The Labute approximate surface area is 276 Å². The van der Waals surface area contributed by atoms with Crippen LogP contribution in [-0.2, 0) is 0 Å². The number of fused-ring (bicyclic) bond motifs is 3. The first-order chi connectivity index (χ1) is 23.3. The second-order valence-electron chi connectivity index (χ2n) is 13.7. The molecule has 0 bridgehead atoms. The molecule has 1 aliphatic carbocycles. The molecule has 8 rings (SSSR count). The number of anilines is 1. The van der Waals surface area contributed by atoms with Crippen molar-refractivity contribution >= 4 is 27.5 Å². The predicted molar refractivity (Wildman–Crippen MR) is 177 cm³/mol. The zero-order chi connectivity index (χ0) is 33.2. The van der Waals surface area contributed by atoms with E-state index in [4.69, 9.17) is 15.9 Å². The van der Waals surface area contributed by atoms with Gasteiger partial charge in [-0.05, 0) is 75.2 Å². The van der Waals surface area contributed by atoms with E-state index in [0.717, 1.165) is 58.2 Å². The fourth-order valence-corrected chi connectivity index (χ4v) is 8.45. The Bertz CT molecular complexity index is 1970. The molecule has 3 aromatic carbocycles. The molecule has 4 heterocycles. The van der Waals surface area contributed by atoms with E-state index < -0.39 is 34.7 Å². The standard InChI is InChI=1S/C37H37F4N5O2/c1-3-24-26(39)11-10-22-8-4-9-25(27(22)24)28-30(40)32-29(33(47-2)31(28)41)34(42-20-36(12-5-13-36)45-16-7-17-45)44-35(43-32)48-21-37-14-6-15-46(37)19-23(38)18-37/h1,4,8-11,23H,5-7,12-21H2,2H3,(H,42,43,44)/t23-,37+/m1/s1. The van der Waals surface area contributed by atoms with E-state index in [1.807, 2.05) is 0 Å². The number of hydrogen-bond donors (Lipinski definition) is 1. The lowest BCUT2D eigenvalue weighted by Gasteiger charge is -2.54. The summed E-state index contributed by atoms with van der Waals surface area (Å²) in [6, 6.07) is 7.49. The SMILES string of the molecule is C#Cc1c(F)ccc2cccc(-c3c(F)c(OC)c4c(NCC5(N6CCC6)CCC5)nc(OC[C@@]56CCCN5C[C@H](F)C6)nc4c3F)c12. The molecule has 11 heteroatoms. The molecule has 4 aromatic rings. The minimum absolute atomic E-state index is 0.0376. The Balaban J connectivity index is 1.29. The first kappa shape index (κ1) is 31.1. The smallest absolute Gasteiger partial charge is 0.319 e. The second-order valence-corrected chi connectivity index (χ2v) is 13.7. The first-order valence-corrected chi connectivity index (χ1v) is 16.7. The fraction of sp³-hybridized carbons (Fsp3) is 0.459. The molecule has 3 aliphatic heterocycles. The summed E-state index contributed by atoms with van der Waals surface area (Å²) in [5.41, 5.74) is -1.25. The summed E-state index contributed by atoms with van der Waals surface area (Å²) < 4.78 is 75.0. The van der Waals surface area contributed by atoms with Gasteiger partial charge in [0, 0.05) is 30.4 Å². The molecule has 7 nitrogen and oxygen atoms in total. The molecule has 48 heavy (non-hydrogen) atoms. The molecule has 1 saturated carbocycles. The summed E-state index contributed by atoms with van der Waals surface area (Å²) in [7, 11) is 1.30. The second kappa shape index (κ2) is 11.8. The Kier molecular flexibility index (Phi) is 7.64. The van der Waals surface area contributed by atoms with Crippen molar-refractivity contribution in [1.82, 2.24) is 19.8 Å². The van der Waals surface area contributed by atoms with Crippen LogP contribution in [0.2, 0.25) is 0 Å². The number of ether oxygens (including phenoxy) is 2. The fourth-order valence-electron chi connectivity index (χ4n) is 8.45. The van der Waals surface area contributed by atoms with Crippen molar-refractivity contribution < 1.29 is 27.0 Å². The van der Waals surface area contributed by atoms with Gasteiger partial charge in [0.1, 0.15) is 29.9 Å². The monoisotopic (exact) mass is 659 g/mol. The molecule has 4 fully saturated rings. The van der Waals surface area contributed by atoms with Gasteiger partial charge in [0.15, 0.2) is 17.4 Å². The van der Waals surface area contributed by atoms with Crippen LogP contribution < -0.4 is 14.8 Å². The number of aromatic nitrogens is 2. The van der Waals surface area contributed by atoms with Gasteiger partial charge in [-0.15, -0.1) is 6.42 Å². The van der Waals surface area contributed by atoms with Gasteiger partial charge in [0.05, 0.1) is 29.2 Å². The van der Waals surface area contributed by atoms with Gasteiger partial charge in [-0.25, -0.2) is 17.6 Å². The normalized spacial score (nSPS) is 23.5. The minimum atomic E-state index is -0.982. The molecule has 2 atom stereocenters. The Morgan fingerprint density at radius 2 is 1.75 bits per heavy atom. The molecular formula is C37H37F4N5O2. The molecule has 0 amide bonds. The number of alkyl halides is 1. The lowest BCUT2D eigenvalue weighted by molar-refractivity contribution is -0.0181. The summed E-state index contributed by atoms with van der Waals surface area (Å²) in [5.74, 6) is -0.353. The molecule has 0 radical (unpaired) electrons. The van der Waals surface area contributed by atoms with Crippen molar-refractivity contribution in [3.63, 3.8) is 0 Å². The number of terminal acetylenes is 1. The van der Waals surface area contributed by atoms with Crippen LogP contribution in [0, 0.1) is 29.8 Å². The van der Waals surface area contributed by atoms with Gasteiger partial charge in [0.2, 0.25) is 0 Å². The van der Waals surface area contributed by atoms with E-state index >= 15 is 8.78 Å². The zero-order valence-electron chi connectivity index (χ0n) is 26.9. The van der Waals surface area contributed by atoms with Crippen LogP contribution in [0.3, 0.4) is 0 Å². The quantitative estimate of drug-likeness (QED) is 0.156. The lowest BCUT2D eigenvalue weighted by atomic mass is 9.73. The highest BCUT2D eigenvalue weighted by atomic mass is 19.1. The summed E-state index contributed by atoms with van der Waals surface area (Å²) in [5, 5.41) is 4.17. The number of halogens is 4. The van der Waals surface area contributed by atoms with Gasteiger partial charge in [0.25, 0.3) is 0 Å². The number of methoxy groups -OCH3 is 1. The summed E-state index contributed by atoms with van der Waals surface area (Å²) in [6.07, 6.45) is 11.1. The maximum absolute atomic E-state index is 17.0. The maximum atomic E-state index is 17.0. The van der Waals surface area contributed by atoms with Gasteiger partial charge >= 0.3 is 6.01 Å². The van der Waals surface area contributed by atoms with E-state index in [1.54, 1.807) is 12.1 Å². The molecule has 0 unspecified atom stereocenters. The van der Waals surface area contributed by atoms with Crippen LogP contribution in [0.5, 0.6) is 11.8 Å². The topological polar surface area (TPSA) is 62.8 Å². The van der Waals surface area contributed by atoms with E-state index in [-0.39, 0.29) is 57.1 Å². The highest BCUT2D eigenvalue weighted by Crippen LogP contribution is 2.46. The highest BCUT2D eigenvalue weighted by molar-refractivity contribution is 6.05. The molecule has 1 aromatic heterocycles. The molecular weight excluding hydrogens is 622 g/mol. The third-order valence-electron chi connectivity index (χ3n) is 11.2. The van der Waals surface area contributed by atoms with Gasteiger partial charge in [-0.2, -0.15) is 9.97 Å². The highest BCUT2D eigenvalue weighted by Gasteiger charge is 2.49. The molecule has 0 spiro atoms. The summed E-state index contributed by atoms with van der Waals surface area (Å²) >= 11 is 0. The lowest BCUT2D eigenvalue weighted by Crippen LogP contribution is -2.62. The molecule has 250 valence electrons. The van der Waals surface area contributed by atoms with Gasteiger partial charge in [-0.1, -0.05) is 30.2 Å².